The molecule has 0 aromatic heterocycles. The zero-order chi connectivity index (χ0) is 63.2. The number of ether oxygens (including phenoxy) is 2. The van der Waals surface area contributed by atoms with Crippen molar-refractivity contribution in [3.8, 4) is 23.3 Å². The van der Waals surface area contributed by atoms with Gasteiger partial charge in [0.25, 0.3) is 0 Å². The van der Waals surface area contributed by atoms with Crippen LogP contribution in [0.15, 0.2) is 187 Å². The number of hydrogen-bond donors (Lipinski definition) is 6. The van der Waals surface area contributed by atoms with E-state index in [-0.39, 0.29) is 108 Å². The van der Waals surface area contributed by atoms with E-state index in [2.05, 4.69) is 134 Å². The summed E-state index contributed by atoms with van der Waals surface area (Å²) in [6.45, 7) is 2.07. The number of benzene rings is 7. The number of allylic oxidation sites excluding steroid dienone is 2. The number of aliphatic hydroxyl groups is 3. The molecule has 17 rings (SSSR count). The monoisotopic (exact) mass is 1270 g/mol. The second-order valence-electron chi connectivity index (χ2n) is 28.4. The number of rotatable bonds is 10. The minimum absolute atomic E-state index is 0. The summed E-state index contributed by atoms with van der Waals surface area (Å²) < 4.78 is 58.6. The molecule has 5 heterocycles. The van der Waals surface area contributed by atoms with Crippen LogP contribution in [0.4, 0.5) is 0 Å². The molecule has 7 aromatic carbocycles. The molecule has 5 aliphatic carbocycles. The predicted molar refractivity (Wildman–Crippen MR) is 356 cm³/mol. The number of fused-ring (bicyclic) bond motifs is 10. The zero-order valence-electron chi connectivity index (χ0n) is 53.0. The van der Waals surface area contributed by atoms with Crippen LogP contribution in [-0.2, 0) is 39.8 Å². The Morgan fingerprint density at radius 2 is 1.57 bits per heavy atom. The number of nitrogens with zero attached hydrogens (tertiary/aromatic N) is 1. The number of nitrogens with two attached hydrogens (primary N) is 2. The Bertz CT molecular complexity index is 4220. The molecule has 14 bridgehead atoms. The van der Waals surface area contributed by atoms with E-state index >= 15 is 0 Å². The molecular weight excluding hydrogens is 1190 g/mol. The number of aromatic hydroxyl groups is 1. The van der Waals surface area contributed by atoms with E-state index in [0.717, 1.165) is 80.1 Å². The maximum absolute atomic E-state index is 14.6. The first-order valence-corrected chi connectivity index (χ1v) is 35.0. The second kappa shape index (κ2) is 25.6. The molecule has 7 aromatic rings. The van der Waals surface area contributed by atoms with E-state index < -0.39 is 62.6 Å². The minimum Gasteiger partial charge on any atom is -0.748 e. The number of aliphatic hydroxyl groups excluding tert-OH is 2. The van der Waals surface area contributed by atoms with Gasteiger partial charge in [-0.1, -0.05) is 170 Å². The van der Waals surface area contributed by atoms with Crippen molar-refractivity contribution in [2.45, 2.75) is 137 Å². The molecule has 0 amide bonds. The predicted octanol–water partition coefficient (Wildman–Crippen LogP) is 9.85. The molecular formula is C79H82N3NaO9S. The average molecular weight is 1270 g/mol. The van der Waals surface area contributed by atoms with Gasteiger partial charge in [0, 0.05) is 53.9 Å². The van der Waals surface area contributed by atoms with E-state index in [9.17, 15) is 33.4 Å². The summed E-state index contributed by atoms with van der Waals surface area (Å²) in [5, 5.41) is 49.0. The number of hydrogen-bond acceptors (Lipinski definition) is 10. The number of phenolic OH excluding ortho intramolecular Hbond substituents is 1. The summed E-state index contributed by atoms with van der Waals surface area (Å²) in [5.74, 6) is 3.63. The van der Waals surface area contributed by atoms with Crippen LogP contribution >= 0.6 is 0 Å². The third kappa shape index (κ3) is 11.7. The Morgan fingerprint density at radius 3 is 2.35 bits per heavy atom. The topological polar surface area (TPSA) is 221 Å². The Labute approximate surface area is 568 Å². The van der Waals surface area contributed by atoms with Crippen molar-refractivity contribution < 1.29 is 72.4 Å². The van der Waals surface area contributed by atoms with E-state index in [1.807, 2.05) is 48.5 Å². The van der Waals surface area contributed by atoms with Crippen LogP contribution in [-0.4, -0.2) is 62.9 Å². The van der Waals surface area contributed by atoms with E-state index in [1.54, 1.807) is 12.1 Å². The van der Waals surface area contributed by atoms with Crippen LogP contribution in [0.25, 0.3) is 10.8 Å². The van der Waals surface area contributed by atoms with Gasteiger partial charge in [0.05, 0.1) is 33.2 Å². The number of phenols is 1. The van der Waals surface area contributed by atoms with Gasteiger partial charge in [0.1, 0.15) is 17.6 Å². The molecule has 18 atom stereocenters. The maximum atomic E-state index is 14.6. The molecule has 0 spiro atoms. The first kappa shape index (κ1) is 63.8. The quantitative estimate of drug-likeness (QED) is 0.0189. The van der Waals surface area contributed by atoms with Crippen LogP contribution in [0, 0.1) is 65.1 Å². The maximum Gasteiger partial charge on any atom is 1.00 e. The fraction of sp³-hybridized carbons (Fsp3) is 0.405. The summed E-state index contributed by atoms with van der Waals surface area (Å²) in [5.41, 5.74) is 20.6. The van der Waals surface area contributed by atoms with Gasteiger partial charge in [-0.2, -0.15) is 0 Å². The van der Waals surface area contributed by atoms with E-state index in [0.29, 0.717) is 68.2 Å². The van der Waals surface area contributed by atoms with Crippen LogP contribution < -0.4 is 45.8 Å². The molecule has 12 nitrogen and oxygen atoms in total. The van der Waals surface area contributed by atoms with Gasteiger partial charge in [-0.3, -0.25) is 0 Å². The standard InChI is InChI=1S/C79H83N3O9S.Na/c1-46-17-18-55-39-61-29-31-64(55)67(46)44-74(92(87,88)89)68-41-58-37-57(40-62-35-48(45-83)11-7-14-53-38-60(84)28-30-66(53)76(58)90-62)75(68)52-23-26-59(27-24-52)79(91-61,82-77(80)81)72-42-56-25-33-70-65(32-34-69(56)78(70,86)71(72)36-47-9-3-2-4-10-47)50-19-21-51(22-20-50)73(85)43-54-15-8-13-49-12-5-6-16-63(49)54;/h2-6,8-10,12-13,15-16,19-31,33,38-39,41,46,48,56-57,62,65,67-76,83-86H,11,17-18,32,34-37,40,42-45H2,1H3,(H4,80,81,82)(H,87,88,89);/q;+1/p-1. The number of aryl methyl sites for hydroxylation is 1. The van der Waals surface area contributed by atoms with Crippen molar-refractivity contribution >= 4 is 26.9 Å². The van der Waals surface area contributed by atoms with Crippen molar-refractivity contribution in [3.63, 3.8) is 0 Å². The third-order valence-electron chi connectivity index (χ3n) is 23.4. The minimum atomic E-state index is -4.98. The average Bonchev–Trinajstić information content (AvgIpc) is 0.732. The molecule has 1 saturated heterocycles. The fourth-order valence-corrected chi connectivity index (χ4v) is 20.3. The van der Waals surface area contributed by atoms with E-state index in [4.69, 9.17) is 25.9 Å². The normalized spacial score (nSPS) is 32.6. The van der Waals surface area contributed by atoms with Gasteiger partial charge >= 0.3 is 29.6 Å². The van der Waals surface area contributed by atoms with Crippen molar-refractivity contribution in [3.05, 3.63) is 237 Å². The van der Waals surface area contributed by atoms with Crippen LogP contribution in [0.3, 0.4) is 0 Å². The van der Waals surface area contributed by atoms with Gasteiger partial charge in [-0.15, -0.1) is 0 Å². The van der Waals surface area contributed by atoms with Crippen LogP contribution in [0.1, 0.15) is 150 Å². The molecule has 2 saturated carbocycles. The van der Waals surface area contributed by atoms with Crippen LogP contribution in [0.5, 0.6) is 11.5 Å². The Hall–Kier alpha value is -6.54. The first-order chi connectivity index (χ1) is 44.5. The number of aliphatic imine (C=N–C) groups is 1. The second-order valence-corrected chi connectivity index (χ2v) is 30.0. The molecule has 474 valence electrons. The molecule has 3 fully saturated rings. The molecule has 5 aliphatic heterocycles. The zero-order valence-corrected chi connectivity index (χ0v) is 55.8. The van der Waals surface area contributed by atoms with Gasteiger partial charge in [-0.05, 0) is 197 Å². The van der Waals surface area contributed by atoms with Gasteiger partial charge in [0.15, 0.2) is 5.96 Å². The first-order valence-electron chi connectivity index (χ1n) is 33.5. The summed E-state index contributed by atoms with van der Waals surface area (Å²) in [6, 6.07) is 52.8. The molecule has 18 unspecified atom stereocenters. The molecule has 8 N–H and O–H groups in total. The third-order valence-corrected chi connectivity index (χ3v) is 24.6. The summed E-state index contributed by atoms with van der Waals surface area (Å²) in [6.07, 6.45) is 11.8. The van der Waals surface area contributed by atoms with Crippen molar-refractivity contribution in [1.29, 1.82) is 0 Å². The smallest absolute Gasteiger partial charge is 0.748 e. The Kier molecular flexibility index (Phi) is 17.5. The van der Waals surface area contributed by atoms with Crippen LogP contribution in [0.2, 0.25) is 0 Å². The van der Waals surface area contributed by atoms with Gasteiger partial charge in [0.2, 0.25) is 5.72 Å². The molecule has 0 radical (unpaired) electrons. The van der Waals surface area contributed by atoms with Crippen molar-refractivity contribution in [1.82, 2.24) is 0 Å². The molecule has 14 heteroatoms. The SMILES string of the molecule is CC1CCc2cc3ccc2C1CC(S(=O)(=O)[O-])C1C=C2CC(CC4CC(CO)CC#Cc5cc(O)ccc5C2O4)C1c1ccc(cc1)C(N=C(N)N)(C1CC2C=CC4C(c5ccc(C(O)Cc6cccc7ccccc67)cc5)CCC2C4(O)C1Cc1ccccc1)O3.[Na+]. The summed E-state index contributed by atoms with van der Waals surface area (Å²) >= 11 is 0. The fourth-order valence-electron chi connectivity index (χ4n) is 19.2. The van der Waals surface area contributed by atoms with E-state index in [1.165, 1.54) is 0 Å². The largest absolute Gasteiger partial charge is 1.00 e. The molecule has 10 aliphatic rings. The summed E-state index contributed by atoms with van der Waals surface area (Å²) in [4.78, 5) is 5.41. The molecule has 93 heavy (non-hydrogen) atoms. The summed E-state index contributed by atoms with van der Waals surface area (Å²) in [7, 11) is -4.98. The van der Waals surface area contributed by atoms with Crippen molar-refractivity contribution in [2.75, 3.05) is 6.61 Å². The Balaban J connectivity index is 0.00000749. The van der Waals surface area contributed by atoms with Crippen molar-refractivity contribution in [2.24, 2.45) is 69.7 Å². The number of guanidine groups is 1. The van der Waals surface area contributed by atoms with Gasteiger partial charge in [-0.25, -0.2) is 13.4 Å². The Morgan fingerprint density at radius 1 is 0.806 bits per heavy atom. The van der Waals surface area contributed by atoms with Gasteiger partial charge < -0.3 is 45.9 Å².